The van der Waals surface area contributed by atoms with Crippen molar-refractivity contribution in [2.24, 2.45) is 5.41 Å². The number of piperidine rings is 1. The van der Waals surface area contributed by atoms with Crippen LogP contribution in [0.5, 0.6) is 0 Å². The van der Waals surface area contributed by atoms with Crippen LogP contribution in [0.3, 0.4) is 0 Å². The summed E-state index contributed by atoms with van der Waals surface area (Å²) in [5, 5.41) is 9.95. The molecule has 2 heterocycles. The molecule has 0 saturated carbocycles. The average molecular weight is 283 g/mol. The summed E-state index contributed by atoms with van der Waals surface area (Å²) >= 11 is 0. The molecule has 2 fully saturated rings. The van der Waals surface area contributed by atoms with E-state index in [1.807, 2.05) is 25.7 Å². The normalized spacial score (nSPS) is 33.4. The molecule has 0 aromatic heterocycles. The van der Waals surface area contributed by atoms with Crippen molar-refractivity contribution in [3.05, 3.63) is 0 Å². The van der Waals surface area contributed by atoms with Gasteiger partial charge in [-0.1, -0.05) is 13.3 Å². The molecular formula is C16H29NO3. The predicted octanol–water partition coefficient (Wildman–Crippen LogP) is 3.33. The van der Waals surface area contributed by atoms with Gasteiger partial charge < -0.3 is 14.7 Å². The molecule has 20 heavy (non-hydrogen) atoms. The number of rotatable bonds is 3. The minimum absolute atomic E-state index is 0.112. The summed E-state index contributed by atoms with van der Waals surface area (Å²) in [5.41, 5.74) is -0.570. The Balaban J connectivity index is 2.19. The molecule has 2 aliphatic rings. The van der Waals surface area contributed by atoms with E-state index in [-0.39, 0.29) is 24.2 Å². The molecule has 2 aliphatic heterocycles. The lowest BCUT2D eigenvalue weighted by Crippen LogP contribution is -2.56. The van der Waals surface area contributed by atoms with Gasteiger partial charge in [-0.05, 0) is 52.9 Å². The van der Waals surface area contributed by atoms with Crippen molar-refractivity contribution in [3.8, 4) is 0 Å². The van der Waals surface area contributed by atoms with Gasteiger partial charge in [0.1, 0.15) is 5.60 Å². The van der Waals surface area contributed by atoms with Crippen molar-refractivity contribution in [1.29, 1.82) is 0 Å². The summed E-state index contributed by atoms with van der Waals surface area (Å²) in [4.78, 5) is 14.4. The first-order valence-electron chi connectivity index (χ1n) is 7.95. The summed E-state index contributed by atoms with van der Waals surface area (Å²) in [6, 6.07) is 0.465. The molecule has 116 valence electrons. The van der Waals surface area contributed by atoms with Gasteiger partial charge in [0.2, 0.25) is 0 Å². The van der Waals surface area contributed by atoms with Crippen molar-refractivity contribution >= 4 is 6.09 Å². The number of aliphatic hydroxyl groups is 1. The number of fused-ring (bicyclic) bond motifs is 2. The van der Waals surface area contributed by atoms with Crippen LogP contribution in [-0.4, -0.2) is 40.4 Å². The van der Waals surface area contributed by atoms with E-state index in [2.05, 4.69) is 6.92 Å². The Hall–Kier alpha value is -0.770. The third kappa shape index (κ3) is 2.80. The first-order valence-corrected chi connectivity index (χ1v) is 7.95. The quantitative estimate of drug-likeness (QED) is 0.864. The number of amides is 1. The van der Waals surface area contributed by atoms with Gasteiger partial charge in [0.05, 0.1) is 6.61 Å². The van der Waals surface area contributed by atoms with Gasteiger partial charge in [-0.15, -0.1) is 0 Å². The van der Waals surface area contributed by atoms with E-state index in [0.29, 0.717) is 6.04 Å². The van der Waals surface area contributed by atoms with E-state index in [0.717, 1.165) is 38.5 Å². The number of carbonyl (C=O) groups is 1. The maximum absolute atomic E-state index is 12.5. The van der Waals surface area contributed by atoms with Gasteiger partial charge in [0, 0.05) is 17.5 Å². The Morgan fingerprint density at radius 2 is 2.05 bits per heavy atom. The van der Waals surface area contributed by atoms with Gasteiger partial charge >= 0.3 is 6.09 Å². The maximum Gasteiger partial charge on any atom is 0.410 e. The molecule has 0 aliphatic carbocycles. The number of hydrogen-bond acceptors (Lipinski definition) is 3. The summed E-state index contributed by atoms with van der Waals surface area (Å²) in [6.45, 7) is 8.04. The molecule has 2 rings (SSSR count). The standard InChI is InChI=1S/C16H29NO3/c1-5-9-16(11-18)10-8-12-6-7-13(16)17(12)14(19)20-15(2,3)4/h12-13,18H,5-11H2,1-4H3. The van der Waals surface area contributed by atoms with Crippen molar-refractivity contribution in [3.63, 3.8) is 0 Å². The molecule has 1 N–H and O–H groups in total. The lowest BCUT2D eigenvalue weighted by Gasteiger charge is -2.48. The Kier molecular flexibility index (Phi) is 4.33. The molecule has 3 atom stereocenters. The third-order valence-corrected chi connectivity index (χ3v) is 4.85. The summed E-state index contributed by atoms with van der Waals surface area (Å²) < 4.78 is 5.58. The molecule has 4 heteroatoms. The van der Waals surface area contributed by atoms with E-state index in [9.17, 15) is 9.90 Å². The van der Waals surface area contributed by atoms with Crippen molar-refractivity contribution in [2.45, 2.75) is 83.9 Å². The fourth-order valence-electron chi connectivity index (χ4n) is 4.03. The zero-order valence-electron chi connectivity index (χ0n) is 13.3. The molecule has 3 unspecified atom stereocenters. The van der Waals surface area contributed by atoms with Crippen LogP contribution in [-0.2, 0) is 4.74 Å². The lowest BCUT2D eigenvalue weighted by molar-refractivity contribution is -0.0451. The zero-order valence-corrected chi connectivity index (χ0v) is 13.3. The molecule has 0 aromatic rings. The monoisotopic (exact) mass is 283 g/mol. The van der Waals surface area contributed by atoms with E-state index >= 15 is 0 Å². The highest BCUT2D eigenvalue weighted by Crippen LogP contribution is 2.49. The molecule has 2 saturated heterocycles. The Morgan fingerprint density at radius 1 is 1.35 bits per heavy atom. The number of carbonyl (C=O) groups excluding carboxylic acids is 1. The first kappa shape index (κ1) is 15.6. The lowest BCUT2D eigenvalue weighted by atomic mass is 9.71. The summed E-state index contributed by atoms with van der Waals surface area (Å²) in [6.07, 6.45) is 5.92. The van der Waals surface area contributed by atoms with Crippen molar-refractivity contribution < 1.29 is 14.6 Å². The van der Waals surface area contributed by atoms with Crippen molar-refractivity contribution in [2.75, 3.05) is 6.61 Å². The van der Waals surface area contributed by atoms with E-state index < -0.39 is 5.60 Å². The molecule has 0 radical (unpaired) electrons. The van der Waals surface area contributed by atoms with Gasteiger partial charge in [0.25, 0.3) is 0 Å². The maximum atomic E-state index is 12.5. The van der Waals surface area contributed by atoms with Crippen LogP contribution in [0.1, 0.15) is 66.2 Å². The van der Waals surface area contributed by atoms with Crippen LogP contribution in [0.2, 0.25) is 0 Å². The van der Waals surface area contributed by atoms with E-state index in [4.69, 9.17) is 4.74 Å². The van der Waals surface area contributed by atoms with Crippen molar-refractivity contribution in [1.82, 2.24) is 4.90 Å². The molecule has 2 bridgehead atoms. The minimum Gasteiger partial charge on any atom is -0.444 e. The number of ether oxygens (including phenoxy) is 1. The second kappa shape index (κ2) is 5.55. The molecule has 4 nitrogen and oxygen atoms in total. The van der Waals surface area contributed by atoms with Gasteiger partial charge in [-0.3, -0.25) is 0 Å². The highest BCUT2D eigenvalue weighted by molar-refractivity contribution is 5.70. The zero-order chi connectivity index (χ0) is 15.0. The first-order chi connectivity index (χ1) is 9.33. The largest absolute Gasteiger partial charge is 0.444 e. The highest BCUT2D eigenvalue weighted by atomic mass is 16.6. The Morgan fingerprint density at radius 3 is 2.60 bits per heavy atom. The minimum atomic E-state index is -0.458. The average Bonchev–Trinajstić information content (AvgIpc) is 2.69. The fraction of sp³-hybridized carbons (Fsp3) is 0.938. The number of nitrogens with zero attached hydrogens (tertiary/aromatic N) is 1. The molecule has 0 spiro atoms. The number of hydrogen-bond donors (Lipinski definition) is 1. The second-order valence-corrected chi connectivity index (χ2v) is 7.44. The Bertz CT molecular complexity index is 363. The van der Waals surface area contributed by atoms with Crippen LogP contribution in [0.15, 0.2) is 0 Å². The number of aliphatic hydroxyl groups excluding tert-OH is 1. The Labute approximate surface area is 122 Å². The topological polar surface area (TPSA) is 49.8 Å². The van der Waals surface area contributed by atoms with E-state index in [1.54, 1.807) is 0 Å². The van der Waals surface area contributed by atoms with E-state index in [1.165, 1.54) is 0 Å². The molecular weight excluding hydrogens is 254 g/mol. The van der Waals surface area contributed by atoms with Crippen LogP contribution in [0.25, 0.3) is 0 Å². The summed E-state index contributed by atoms with van der Waals surface area (Å²) in [7, 11) is 0. The van der Waals surface area contributed by atoms with Crippen LogP contribution < -0.4 is 0 Å². The van der Waals surface area contributed by atoms with Crippen LogP contribution >= 0.6 is 0 Å². The summed E-state index contributed by atoms with van der Waals surface area (Å²) in [5.74, 6) is 0. The smallest absolute Gasteiger partial charge is 0.410 e. The van der Waals surface area contributed by atoms with Gasteiger partial charge in [-0.25, -0.2) is 4.79 Å². The van der Waals surface area contributed by atoms with Gasteiger partial charge in [0.15, 0.2) is 0 Å². The van der Waals surface area contributed by atoms with Crippen LogP contribution in [0, 0.1) is 5.41 Å². The fourth-order valence-corrected chi connectivity index (χ4v) is 4.03. The third-order valence-electron chi connectivity index (χ3n) is 4.85. The SMILES string of the molecule is CCCC1(CO)CCC2CCC1N2C(=O)OC(C)(C)C. The highest BCUT2D eigenvalue weighted by Gasteiger charge is 2.53. The van der Waals surface area contributed by atoms with Gasteiger partial charge in [-0.2, -0.15) is 0 Å². The predicted molar refractivity (Wildman–Crippen MR) is 78.5 cm³/mol. The second-order valence-electron chi connectivity index (χ2n) is 7.44. The molecule has 0 aromatic carbocycles. The van der Waals surface area contributed by atoms with Crippen LogP contribution in [0.4, 0.5) is 4.79 Å². The molecule has 1 amide bonds.